The van der Waals surface area contributed by atoms with Gasteiger partial charge in [-0.15, -0.1) is 0 Å². The molecule has 1 saturated carbocycles. The maximum Gasteiger partial charge on any atom is 0.210 e. The van der Waals surface area contributed by atoms with Gasteiger partial charge in [-0.05, 0) is 94.0 Å². The predicted molar refractivity (Wildman–Crippen MR) is 181 cm³/mol. The Kier molecular flexibility index (Phi) is 6.88. The normalized spacial score (nSPS) is 38.2. The van der Waals surface area contributed by atoms with Crippen LogP contribution in [-0.4, -0.2) is 122 Å². The van der Waals surface area contributed by atoms with Crippen molar-refractivity contribution >= 4 is 0 Å². The number of likely N-dealkylation sites (tertiary alicyclic amines) is 2. The molecule has 3 N–H and O–H groups in total. The van der Waals surface area contributed by atoms with Gasteiger partial charge in [0.2, 0.25) is 11.6 Å². The number of phenols is 2. The van der Waals surface area contributed by atoms with Crippen molar-refractivity contribution in [3.63, 3.8) is 0 Å². The van der Waals surface area contributed by atoms with Gasteiger partial charge in [0.1, 0.15) is 0 Å². The number of benzene rings is 2. The second kappa shape index (κ2) is 10.8. The van der Waals surface area contributed by atoms with Crippen LogP contribution in [0.4, 0.5) is 0 Å². The first kappa shape index (κ1) is 31.8. The molecular weight excluding hydrogens is 640 g/mol. The van der Waals surface area contributed by atoms with Crippen LogP contribution < -0.4 is 9.47 Å². The Morgan fingerprint density at radius 1 is 0.700 bits per heavy atom. The van der Waals surface area contributed by atoms with Crippen LogP contribution in [0.15, 0.2) is 35.9 Å². The van der Waals surface area contributed by atoms with Crippen molar-refractivity contribution in [2.75, 3.05) is 60.7 Å². The summed E-state index contributed by atoms with van der Waals surface area (Å²) >= 11 is 0. The summed E-state index contributed by atoms with van der Waals surface area (Å²) in [5.41, 5.74) is 6.27. The monoisotopic (exact) mass is 688 g/mol. The average molecular weight is 689 g/mol. The number of hydrogen-bond donors (Lipinski definition) is 3. The fourth-order valence-electron chi connectivity index (χ4n) is 12.3. The van der Waals surface area contributed by atoms with E-state index in [2.05, 4.69) is 42.1 Å². The number of piperidine rings is 2. The summed E-state index contributed by atoms with van der Waals surface area (Å²) in [6.07, 6.45) is 8.78. The third-order valence-electron chi connectivity index (χ3n) is 14.2. The summed E-state index contributed by atoms with van der Waals surface area (Å²) in [4.78, 5) is 4.98. The molecule has 5 fully saturated rings. The van der Waals surface area contributed by atoms with Gasteiger partial charge < -0.3 is 48.6 Å². The number of aliphatic hydroxyl groups is 1. The van der Waals surface area contributed by atoms with Crippen molar-refractivity contribution in [3.05, 3.63) is 58.2 Å². The van der Waals surface area contributed by atoms with Crippen LogP contribution in [0.1, 0.15) is 54.4 Å². The molecule has 4 spiro atoms. The van der Waals surface area contributed by atoms with Gasteiger partial charge in [0.15, 0.2) is 35.2 Å². The van der Waals surface area contributed by atoms with Crippen LogP contribution in [-0.2, 0) is 42.6 Å². The quantitative estimate of drug-likeness (QED) is 0.354. The highest BCUT2D eigenvalue weighted by atomic mass is 16.8. The predicted octanol–water partition coefficient (Wildman–Crippen LogP) is 3.14. The molecule has 7 atom stereocenters. The Bertz CT molecular complexity index is 1770. The number of aliphatic hydroxyl groups excluding tert-OH is 1. The molecule has 0 aromatic heterocycles. The minimum Gasteiger partial charge on any atom is -0.504 e. The summed E-state index contributed by atoms with van der Waals surface area (Å²) in [6, 6.07) is 8.69. The summed E-state index contributed by atoms with van der Waals surface area (Å²) in [5.74, 6) is 1.08. The van der Waals surface area contributed by atoms with Crippen LogP contribution in [0, 0.1) is 5.92 Å². The number of ether oxygens (including phenoxy) is 6. The molecule has 50 heavy (non-hydrogen) atoms. The number of hydrogen-bond acceptors (Lipinski definition) is 11. The molecule has 6 heterocycles. The van der Waals surface area contributed by atoms with Gasteiger partial charge in [0.05, 0.1) is 31.8 Å². The molecule has 11 heteroatoms. The highest BCUT2D eigenvalue weighted by Gasteiger charge is 2.72. The molecule has 11 nitrogen and oxygen atoms in total. The second-order valence-corrected chi connectivity index (χ2v) is 15.9. The van der Waals surface area contributed by atoms with E-state index in [0.717, 1.165) is 65.1 Å². The van der Waals surface area contributed by atoms with Crippen molar-refractivity contribution in [1.29, 1.82) is 0 Å². The molecule has 2 aromatic rings. The maximum atomic E-state index is 10.5. The van der Waals surface area contributed by atoms with Crippen molar-refractivity contribution in [2.24, 2.45) is 5.92 Å². The zero-order valence-corrected chi connectivity index (χ0v) is 29.2. The molecule has 4 aliphatic carbocycles. The Hall–Kier alpha value is -2.90. The fourth-order valence-corrected chi connectivity index (χ4v) is 12.3. The third kappa shape index (κ3) is 3.74. The summed E-state index contributed by atoms with van der Waals surface area (Å²) in [6.45, 7) is 4.58. The third-order valence-corrected chi connectivity index (χ3v) is 14.2. The topological polar surface area (TPSA) is 123 Å². The number of fused-ring (bicyclic) bond motifs is 2. The molecule has 10 aliphatic rings. The van der Waals surface area contributed by atoms with Crippen molar-refractivity contribution in [1.82, 2.24) is 9.80 Å². The highest BCUT2D eigenvalue weighted by molar-refractivity contribution is 5.66. The minimum atomic E-state index is -0.704. The zero-order valence-electron chi connectivity index (χ0n) is 29.2. The van der Waals surface area contributed by atoms with E-state index in [1.54, 1.807) is 12.1 Å². The smallest absolute Gasteiger partial charge is 0.210 e. The lowest BCUT2D eigenvalue weighted by Crippen LogP contribution is -2.69. The molecule has 6 aliphatic heterocycles. The largest absolute Gasteiger partial charge is 0.504 e. The van der Waals surface area contributed by atoms with Gasteiger partial charge in [0.25, 0.3) is 0 Å². The Labute approximate surface area is 292 Å². The Balaban J connectivity index is 0.000000121. The Morgan fingerprint density at radius 2 is 1.32 bits per heavy atom. The Morgan fingerprint density at radius 3 is 2.04 bits per heavy atom. The first-order chi connectivity index (χ1) is 24.3. The molecule has 0 unspecified atom stereocenters. The van der Waals surface area contributed by atoms with E-state index in [-0.39, 0.29) is 34.5 Å². The lowest BCUT2D eigenvalue weighted by Gasteiger charge is -2.60. The molecule has 0 radical (unpaired) electrons. The van der Waals surface area contributed by atoms with Crippen molar-refractivity contribution < 1.29 is 43.7 Å². The van der Waals surface area contributed by atoms with E-state index in [0.29, 0.717) is 55.9 Å². The van der Waals surface area contributed by atoms with E-state index in [4.69, 9.17) is 33.5 Å². The lowest BCUT2D eigenvalue weighted by atomic mass is 9.50. The standard InChI is InChI=1S/C19H23NO4.C19H21NO4.CH4O/c2*1-20-7-6-18-12-4-5-19(22-8-9-23-19)17(18)24-16-14(21)3-2-11(15(16)18)10-13(12)20;1-2/h2-3,12-13,17,21H,4-10H2,1H3;2-4,13,17,21H,5-10H2,1H3;2H,1H3/t12-,13+,17+,18-;13-,17-,18+;/m01./s1. The second-order valence-electron chi connectivity index (χ2n) is 15.9. The molecule has 4 saturated heterocycles. The number of phenolic OH excluding ortho intramolecular Hbond substituents is 2. The first-order valence-electron chi connectivity index (χ1n) is 18.5. The van der Waals surface area contributed by atoms with Gasteiger partial charge in [0, 0.05) is 48.6 Å². The van der Waals surface area contributed by atoms with Gasteiger partial charge in [-0.3, -0.25) is 4.90 Å². The van der Waals surface area contributed by atoms with Crippen LogP contribution in [0.5, 0.6) is 23.0 Å². The lowest BCUT2D eigenvalue weighted by molar-refractivity contribution is -0.260. The molecule has 12 rings (SSSR count). The van der Waals surface area contributed by atoms with Crippen LogP contribution >= 0.6 is 0 Å². The van der Waals surface area contributed by atoms with Crippen LogP contribution in [0.3, 0.4) is 0 Å². The number of likely N-dealkylation sites (N-methyl/N-ethyl adjacent to an activating group) is 2. The van der Waals surface area contributed by atoms with E-state index < -0.39 is 11.6 Å². The fraction of sp³-hybridized carbons (Fsp3) is 0.641. The van der Waals surface area contributed by atoms with Gasteiger partial charge in [-0.2, -0.15) is 0 Å². The van der Waals surface area contributed by atoms with E-state index >= 15 is 0 Å². The van der Waals surface area contributed by atoms with Gasteiger partial charge in [-0.25, -0.2) is 0 Å². The molecule has 268 valence electrons. The minimum absolute atomic E-state index is 0.0680. The summed E-state index contributed by atoms with van der Waals surface area (Å²) in [5, 5.41) is 27.9. The van der Waals surface area contributed by atoms with E-state index in [1.165, 1.54) is 27.8 Å². The van der Waals surface area contributed by atoms with Crippen molar-refractivity contribution in [2.45, 2.75) is 91.6 Å². The summed E-state index contributed by atoms with van der Waals surface area (Å²) in [7, 11) is 5.46. The van der Waals surface area contributed by atoms with Crippen molar-refractivity contribution in [3.8, 4) is 23.0 Å². The van der Waals surface area contributed by atoms with Gasteiger partial charge in [-0.1, -0.05) is 18.2 Å². The number of nitrogens with zero attached hydrogens (tertiary/aromatic N) is 2. The average Bonchev–Trinajstić information content (AvgIpc) is 3.94. The van der Waals surface area contributed by atoms with Gasteiger partial charge >= 0.3 is 0 Å². The summed E-state index contributed by atoms with van der Waals surface area (Å²) < 4.78 is 37.4. The van der Waals surface area contributed by atoms with E-state index in [1.807, 2.05) is 0 Å². The SMILES string of the molecule is CN1CC[C@@]23C4=CCC5(OCCO5)[C@@H]2Oc2c(O)ccc(c23)C[C@H]41.CN1CC[C@]23c4c5ccc(O)c4O[C@H]2C2(CC[C@H]3[C@H]1C5)OCCO2.CO. The molecule has 2 aromatic carbocycles. The van der Waals surface area contributed by atoms with E-state index in [9.17, 15) is 10.2 Å². The highest BCUT2D eigenvalue weighted by Crippen LogP contribution is 2.67. The zero-order chi connectivity index (χ0) is 34.2. The number of aromatic hydroxyl groups is 2. The molecule has 0 amide bonds. The molecule has 4 bridgehead atoms. The van der Waals surface area contributed by atoms with Crippen LogP contribution in [0.2, 0.25) is 0 Å². The van der Waals surface area contributed by atoms with Crippen LogP contribution in [0.25, 0.3) is 0 Å². The molecular formula is C39H48N2O9. The number of rotatable bonds is 0. The maximum absolute atomic E-state index is 10.5. The first-order valence-corrected chi connectivity index (χ1v) is 18.5.